The molecule has 98 valence electrons. The van der Waals surface area contributed by atoms with E-state index >= 15 is 0 Å². The van der Waals surface area contributed by atoms with Gasteiger partial charge >= 0.3 is 0 Å². The Bertz CT molecular complexity index is 309. The molecule has 0 spiro atoms. The third kappa shape index (κ3) is 5.86. The van der Waals surface area contributed by atoms with E-state index in [1.54, 1.807) is 13.4 Å². The van der Waals surface area contributed by atoms with Crippen molar-refractivity contribution < 1.29 is 13.9 Å². The van der Waals surface area contributed by atoms with Crippen molar-refractivity contribution in [2.24, 2.45) is 0 Å². The molecule has 1 atom stereocenters. The molecule has 4 heteroatoms. The highest BCUT2D eigenvalue weighted by Crippen LogP contribution is 2.10. The summed E-state index contributed by atoms with van der Waals surface area (Å²) in [6, 6.07) is 2.50. The van der Waals surface area contributed by atoms with E-state index in [9.17, 15) is 0 Å². The van der Waals surface area contributed by atoms with Crippen LogP contribution in [0.25, 0.3) is 0 Å². The summed E-state index contributed by atoms with van der Waals surface area (Å²) in [5.74, 6) is 0.855. The molecule has 1 N–H and O–H groups in total. The SMILES string of the molecule is COCC(C)OCc1cc(CNC(C)C)co1. The number of ether oxygens (including phenoxy) is 2. The first-order valence-electron chi connectivity index (χ1n) is 6.02. The van der Waals surface area contributed by atoms with Crippen LogP contribution in [0.4, 0.5) is 0 Å². The molecule has 0 saturated heterocycles. The maximum Gasteiger partial charge on any atom is 0.129 e. The molecule has 0 aliphatic rings. The molecular formula is C13H23NO3. The Morgan fingerprint density at radius 3 is 2.76 bits per heavy atom. The summed E-state index contributed by atoms with van der Waals surface area (Å²) >= 11 is 0. The van der Waals surface area contributed by atoms with Crippen LogP contribution in [0, 0.1) is 0 Å². The first-order chi connectivity index (χ1) is 8.11. The van der Waals surface area contributed by atoms with Gasteiger partial charge in [-0.15, -0.1) is 0 Å². The smallest absolute Gasteiger partial charge is 0.129 e. The maximum absolute atomic E-state index is 5.57. The molecule has 0 aromatic carbocycles. The van der Waals surface area contributed by atoms with Crippen LogP contribution in [0.3, 0.4) is 0 Å². The number of rotatable bonds is 8. The molecule has 1 rings (SSSR count). The molecule has 1 aromatic heterocycles. The summed E-state index contributed by atoms with van der Waals surface area (Å²) in [4.78, 5) is 0. The standard InChI is InChI=1S/C13H23NO3/c1-10(2)14-6-12-5-13(17-8-12)9-16-11(3)7-15-4/h5,8,10-11,14H,6-7,9H2,1-4H3. The normalized spacial score (nSPS) is 13.2. The summed E-state index contributed by atoms with van der Waals surface area (Å²) in [6.07, 6.45) is 1.86. The molecule has 4 nitrogen and oxygen atoms in total. The van der Waals surface area contributed by atoms with Crippen molar-refractivity contribution in [3.8, 4) is 0 Å². The molecule has 0 aliphatic heterocycles. The van der Waals surface area contributed by atoms with E-state index in [1.165, 1.54) is 0 Å². The van der Waals surface area contributed by atoms with Crippen molar-refractivity contribution in [2.75, 3.05) is 13.7 Å². The summed E-state index contributed by atoms with van der Waals surface area (Å²) in [6.45, 7) is 8.14. The highest BCUT2D eigenvalue weighted by atomic mass is 16.5. The Morgan fingerprint density at radius 2 is 2.12 bits per heavy atom. The van der Waals surface area contributed by atoms with Crippen LogP contribution in [-0.4, -0.2) is 25.9 Å². The molecule has 0 radical (unpaired) electrons. The summed E-state index contributed by atoms with van der Waals surface area (Å²) in [5.41, 5.74) is 1.15. The molecule has 0 aliphatic carbocycles. The number of hydrogen-bond donors (Lipinski definition) is 1. The second-order valence-electron chi connectivity index (χ2n) is 4.53. The van der Waals surface area contributed by atoms with E-state index in [4.69, 9.17) is 13.9 Å². The van der Waals surface area contributed by atoms with Crippen molar-refractivity contribution in [3.63, 3.8) is 0 Å². The summed E-state index contributed by atoms with van der Waals surface area (Å²) in [5, 5.41) is 3.34. The van der Waals surface area contributed by atoms with E-state index in [1.807, 2.05) is 13.0 Å². The molecule has 1 aromatic rings. The van der Waals surface area contributed by atoms with Gasteiger partial charge in [0.15, 0.2) is 0 Å². The number of nitrogens with one attached hydrogen (secondary N) is 1. The van der Waals surface area contributed by atoms with E-state index < -0.39 is 0 Å². The van der Waals surface area contributed by atoms with Crippen molar-refractivity contribution in [1.82, 2.24) is 5.32 Å². The first-order valence-corrected chi connectivity index (χ1v) is 6.02. The van der Waals surface area contributed by atoms with Gasteiger partial charge in [0, 0.05) is 25.3 Å². The summed E-state index contributed by atoms with van der Waals surface area (Å²) in [7, 11) is 1.67. The van der Waals surface area contributed by atoms with Crippen molar-refractivity contribution >= 4 is 0 Å². The van der Waals surface area contributed by atoms with Crippen molar-refractivity contribution in [1.29, 1.82) is 0 Å². The number of furan rings is 1. The molecule has 0 fully saturated rings. The zero-order valence-corrected chi connectivity index (χ0v) is 11.2. The maximum atomic E-state index is 5.57. The molecule has 1 heterocycles. The average molecular weight is 241 g/mol. The zero-order chi connectivity index (χ0) is 12.7. The van der Waals surface area contributed by atoms with Crippen molar-refractivity contribution in [3.05, 3.63) is 23.7 Å². The van der Waals surface area contributed by atoms with Crippen LogP contribution in [0.2, 0.25) is 0 Å². The fourth-order valence-electron chi connectivity index (χ4n) is 1.42. The van der Waals surface area contributed by atoms with E-state index in [0.717, 1.165) is 17.9 Å². The van der Waals surface area contributed by atoms with E-state index in [0.29, 0.717) is 19.3 Å². The number of hydrogen-bond acceptors (Lipinski definition) is 4. The Labute approximate surface area is 103 Å². The van der Waals surface area contributed by atoms with Gasteiger partial charge in [-0.1, -0.05) is 13.8 Å². The lowest BCUT2D eigenvalue weighted by Crippen LogP contribution is -2.21. The first kappa shape index (κ1) is 14.2. The third-order valence-electron chi connectivity index (χ3n) is 2.33. The molecular weight excluding hydrogens is 218 g/mol. The fraction of sp³-hybridized carbons (Fsp3) is 0.692. The molecule has 1 unspecified atom stereocenters. The van der Waals surface area contributed by atoms with Crippen LogP contribution in [-0.2, 0) is 22.6 Å². The van der Waals surface area contributed by atoms with Crippen LogP contribution in [0.1, 0.15) is 32.1 Å². The van der Waals surface area contributed by atoms with E-state index in [2.05, 4.69) is 19.2 Å². The highest BCUT2D eigenvalue weighted by molar-refractivity contribution is 5.12. The van der Waals surface area contributed by atoms with Gasteiger partial charge in [0.05, 0.1) is 19.0 Å². The fourth-order valence-corrected chi connectivity index (χ4v) is 1.42. The predicted molar refractivity (Wildman–Crippen MR) is 66.8 cm³/mol. The minimum absolute atomic E-state index is 0.0855. The summed E-state index contributed by atoms with van der Waals surface area (Å²) < 4.78 is 16.0. The van der Waals surface area contributed by atoms with Gasteiger partial charge < -0.3 is 19.2 Å². The Hall–Kier alpha value is -0.840. The Kier molecular flexibility index (Phi) is 6.26. The quantitative estimate of drug-likeness (QED) is 0.758. The molecule has 17 heavy (non-hydrogen) atoms. The van der Waals surface area contributed by atoms with Crippen LogP contribution >= 0.6 is 0 Å². The monoisotopic (exact) mass is 241 g/mol. The Morgan fingerprint density at radius 1 is 1.35 bits per heavy atom. The molecule has 0 bridgehead atoms. The minimum Gasteiger partial charge on any atom is -0.467 e. The average Bonchev–Trinajstić information content (AvgIpc) is 2.72. The van der Waals surface area contributed by atoms with Crippen molar-refractivity contribution in [2.45, 2.75) is 46.1 Å². The third-order valence-corrected chi connectivity index (χ3v) is 2.33. The second kappa shape index (κ2) is 7.48. The number of methoxy groups -OCH3 is 1. The van der Waals surface area contributed by atoms with Gasteiger partial charge in [0.25, 0.3) is 0 Å². The van der Waals surface area contributed by atoms with Gasteiger partial charge in [-0.25, -0.2) is 0 Å². The lowest BCUT2D eigenvalue weighted by molar-refractivity contribution is -0.00635. The molecule has 0 amide bonds. The predicted octanol–water partition coefficient (Wildman–Crippen LogP) is 2.33. The topological polar surface area (TPSA) is 43.6 Å². The van der Waals surface area contributed by atoms with Gasteiger partial charge in [-0.2, -0.15) is 0 Å². The van der Waals surface area contributed by atoms with Gasteiger partial charge in [-0.3, -0.25) is 0 Å². The van der Waals surface area contributed by atoms with Crippen LogP contribution < -0.4 is 5.32 Å². The van der Waals surface area contributed by atoms with E-state index in [-0.39, 0.29) is 6.10 Å². The van der Waals surface area contributed by atoms with Gasteiger partial charge in [-0.05, 0) is 13.0 Å². The lowest BCUT2D eigenvalue weighted by atomic mass is 10.3. The lowest BCUT2D eigenvalue weighted by Gasteiger charge is -2.09. The molecule has 0 saturated carbocycles. The largest absolute Gasteiger partial charge is 0.467 e. The van der Waals surface area contributed by atoms with Crippen LogP contribution in [0.15, 0.2) is 16.7 Å². The van der Waals surface area contributed by atoms with Gasteiger partial charge in [0.2, 0.25) is 0 Å². The second-order valence-corrected chi connectivity index (χ2v) is 4.53. The van der Waals surface area contributed by atoms with Crippen LogP contribution in [0.5, 0.6) is 0 Å². The van der Waals surface area contributed by atoms with Gasteiger partial charge in [0.1, 0.15) is 12.4 Å². The Balaban J connectivity index is 2.30. The zero-order valence-electron chi connectivity index (χ0n) is 11.2. The minimum atomic E-state index is 0.0855. The highest BCUT2D eigenvalue weighted by Gasteiger charge is 2.06.